The molecule has 1 aromatic carbocycles. The number of rotatable bonds is 7. The van der Waals surface area contributed by atoms with Gasteiger partial charge in [0.1, 0.15) is 5.82 Å². The number of aromatic nitrogens is 2. The Labute approximate surface area is 183 Å². The minimum absolute atomic E-state index is 0. The lowest BCUT2D eigenvalue weighted by atomic mass is 10.1. The first-order valence-corrected chi connectivity index (χ1v) is 9.72. The number of benzene rings is 1. The van der Waals surface area contributed by atoms with Crippen LogP contribution >= 0.6 is 24.0 Å². The average Bonchev–Trinajstić information content (AvgIpc) is 3.17. The highest BCUT2D eigenvalue weighted by atomic mass is 127. The van der Waals surface area contributed by atoms with Crippen molar-refractivity contribution in [3.8, 4) is 5.69 Å². The summed E-state index contributed by atoms with van der Waals surface area (Å²) in [6.45, 7) is 5.14. The first-order chi connectivity index (χ1) is 13.2. The second kappa shape index (κ2) is 12.0. The van der Waals surface area contributed by atoms with Crippen molar-refractivity contribution < 1.29 is 4.39 Å². The minimum Gasteiger partial charge on any atom is -0.356 e. The van der Waals surface area contributed by atoms with Crippen molar-refractivity contribution in [3.63, 3.8) is 0 Å². The lowest BCUT2D eigenvalue weighted by Gasteiger charge is -2.26. The van der Waals surface area contributed by atoms with Crippen LogP contribution in [0.15, 0.2) is 41.5 Å². The summed E-state index contributed by atoms with van der Waals surface area (Å²) in [6.07, 6.45) is 6.69. The Hall–Kier alpha value is -1.68. The Kier molecular flexibility index (Phi) is 9.69. The van der Waals surface area contributed by atoms with Gasteiger partial charge in [0.25, 0.3) is 0 Å². The maximum Gasteiger partial charge on any atom is 0.191 e. The summed E-state index contributed by atoms with van der Waals surface area (Å²) in [7, 11) is 1.79. The van der Waals surface area contributed by atoms with Gasteiger partial charge in [0.05, 0.1) is 11.4 Å². The molecule has 0 amide bonds. The summed E-state index contributed by atoms with van der Waals surface area (Å²) in [5, 5.41) is 11.3. The largest absolute Gasteiger partial charge is 0.356 e. The summed E-state index contributed by atoms with van der Waals surface area (Å²) in [5.74, 6) is 0.583. The van der Waals surface area contributed by atoms with Gasteiger partial charge in [-0.05, 0) is 56.3 Å². The van der Waals surface area contributed by atoms with Gasteiger partial charge in [-0.2, -0.15) is 5.10 Å². The van der Waals surface area contributed by atoms with Crippen molar-refractivity contribution in [1.29, 1.82) is 0 Å². The highest BCUT2D eigenvalue weighted by Crippen LogP contribution is 2.09. The van der Waals surface area contributed by atoms with E-state index in [2.05, 4.69) is 25.6 Å². The van der Waals surface area contributed by atoms with E-state index in [-0.39, 0.29) is 29.8 Å². The first kappa shape index (κ1) is 22.6. The molecule has 1 saturated heterocycles. The molecule has 1 aromatic heterocycles. The SMILES string of the molecule is CN=C(NCCc1ccn(-c2ccc(F)cc2)n1)NCCN1CCCCC1.I. The molecule has 0 saturated carbocycles. The van der Waals surface area contributed by atoms with Crippen molar-refractivity contribution >= 4 is 29.9 Å². The minimum atomic E-state index is -0.241. The molecule has 1 aliphatic heterocycles. The standard InChI is InChI=1S/C20H29FN6.HI/c1-22-20(24-12-16-26-13-3-2-4-14-26)23-11-9-18-10-15-27(25-18)19-7-5-17(21)6-8-19;/h5-8,10,15H,2-4,9,11-14,16H2,1H3,(H2,22,23,24);1H. The van der Waals surface area contributed by atoms with Gasteiger partial charge in [0, 0.05) is 39.3 Å². The fourth-order valence-electron chi connectivity index (χ4n) is 3.28. The summed E-state index contributed by atoms with van der Waals surface area (Å²) >= 11 is 0. The van der Waals surface area contributed by atoms with Crippen LogP contribution in [-0.2, 0) is 6.42 Å². The van der Waals surface area contributed by atoms with E-state index in [0.29, 0.717) is 0 Å². The van der Waals surface area contributed by atoms with Crippen LogP contribution in [0.25, 0.3) is 5.69 Å². The van der Waals surface area contributed by atoms with E-state index in [1.54, 1.807) is 23.9 Å². The molecule has 3 rings (SSSR count). The average molecular weight is 500 g/mol. The molecule has 0 atom stereocenters. The number of nitrogens with zero attached hydrogens (tertiary/aromatic N) is 4. The van der Waals surface area contributed by atoms with Crippen LogP contribution in [0.3, 0.4) is 0 Å². The van der Waals surface area contributed by atoms with Crippen LogP contribution in [0.5, 0.6) is 0 Å². The van der Waals surface area contributed by atoms with E-state index in [9.17, 15) is 4.39 Å². The maximum absolute atomic E-state index is 13.0. The number of piperidine rings is 1. The number of guanidine groups is 1. The van der Waals surface area contributed by atoms with Gasteiger partial charge >= 0.3 is 0 Å². The maximum atomic E-state index is 13.0. The predicted octanol–water partition coefficient (Wildman–Crippen LogP) is 2.82. The Morgan fingerprint density at radius 1 is 1.07 bits per heavy atom. The number of halogens is 2. The smallest absolute Gasteiger partial charge is 0.191 e. The van der Waals surface area contributed by atoms with Gasteiger partial charge in [-0.3, -0.25) is 4.99 Å². The van der Waals surface area contributed by atoms with Gasteiger partial charge in [0.15, 0.2) is 5.96 Å². The molecule has 0 aliphatic carbocycles. The number of nitrogens with one attached hydrogen (secondary N) is 2. The van der Waals surface area contributed by atoms with Crippen LogP contribution in [0, 0.1) is 5.82 Å². The van der Waals surface area contributed by atoms with E-state index >= 15 is 0 Å². The van der Waals surface area contributed by atoms with E-state index in [0.717, 1.165) is 43.4 Å². The summed E-state index contributed by atoms with van der Waals surface area (Å²) in [6, 6.07) is 8.31. The first-order valence-electron chi connectivity index (χ1n) is 9.72. The van der Waals surface area contributed by atoms with Crippen LogP contribution in [-0.4, -0.2) is 60.4 Å². The van der Waals surface area contributed by atoms with Crippen LogP contribution in [0.2, 0.25) is 0 Å². The third-order valence-electron chi connectivity index (χ3n) is 4.80. The molecular weight excluding hydrogens is 470 g/mol. The number of aliphatic imine (C=N–C) groups is 1. The van der Waals surface area contributed by atoms with Crippen LogP contribution < -0.4 is 10.6 Å². The zero-order valence-corrected chi connectivity index (χ0v) is 18.7. The Morgan fingerprint density at radius 3 is 2.50 bits per heavy atom. The lowest BCUT2D eigenvalue weighted by molar-refractivity contribution is 0.232. The topological polar surface area (TPSA) is 57.5 Å². The number of hydrogen-bond donors (Lipinski definition) is 2. The summed E-state index contributed by atoms with van der Waals surface area (Å²) in [4.78, 5) is 6.78. The monoisotopic (exact) mass is 500 g/mol. The Bertz CT molecular complexity index is 725. The van der Waals surface area contributed by atoms with Gasteiger partial charge < -0.3 is 15.5 Å². The quantitative estimate of drug-likeness (QED) is 0.349. The second-order valence-corrected chi connectivity index (χ2v) is 6.81. The predicted molar refractivity (Wildman–Crippen MR) is 122 cm³/mol. The van der Waals surface area contributed by atoms with Crippen molar-refractivity contribution in [2.45, 2.75) is 25.7 Å². The Morgan fingerprint density at radius 2 is 1.79 bits per heavy atom. The molecule has 8 heteroatoms. The fourth-order valence-corrected chi connectivity index (χ4v) is 3.28. The molecule has 1 aliphatic rings. The fraction of sp³-hybridized carbons (Fsp3) is 0.500. The van der Waals surface area contributed by atoms with Crippen molar-refractivity contribution in [1.82, 2.24) is 25.3 Å². The molecule has 0 spiro atoms. The molecule has 2 heterocycles. The highest BCUT2D eigenvalue weighted by molar-refractivity contribution is 14.0. The van der Waals surface area contributed by atoms with E-state index in [1.807, 2.05) is 12.3 Å². The molecule has 0 radical (unpaired) electrons. The molecule has 1 fully saturated rings. The molecular formula is C20H30FIN6. The van der Waals surface area contributed by atoms with Crippen LogP contribution in [0.1, 0.15) is 25.0 Å². The third-order valence-corrected chi connectivity index (χ3v) is 4.80. The zero-order valence-electron chi connectivity index (χ0n) is 16.4. The molecule has 6 nitrogen and oxygen atoms in total. The lowest BCUT2D eigenvalue weighted by Crippen LogP contribution is -2.43. The van der Waals surface area contributed by atoms with Gasteiger partial charge in [-0.1, -0.05) is 6.42 Å². The third kappa shape index (κ3) is 7.05. The molecule has 0 bridgehead atoms. The van der Waals surface area contributed by atoms with Gasteiger partial charge in [-0.25, -0.2) is 9.07 Å². The van der Waals surface area contributed by atoms with Crippen molar-refractivity contribution in [2.75, 3.05) is 39.8 Å². The van der Waals surface area contributed by atoms with Crippen molar-refractivity contribution in [3.05, 3.63) is 48.0 Å². The molecule has 0 unspecified atom stereocenters. The molecule has 154 valence electrons. The highest BCUT2D eigenvalue weighted by Gasteiger charge is 2.09. The summed E-state index contributed by atoms with van der Waals surface area (Å²) < 4.78 is 14.8. The number of hydrogen-bond acceptors (Lipinski definition) is 3. The second-order valence-electron chi connectivity index (χ2n) is 6.81. The van der Waals surface area contributed by atoms with Gasteiger partial charge in [0.2, 0.25) is 0 Å². The van der Waals surface area contributed by atoms with E-state index < -0.39 is 0 Å². The molecule has 2 aromatic rings. The van der Waals surface area contributed by atoms with E-state index in [4.69, 9.17) is 0 Å². The number of likely N-dealkylation sites (tertiary alicyclic amines) is 1. The Balaban J connectivity index is 0.00000280. The van der Waals surface area contributed by atoms with Crippen molar-refractivity contribution in [2.24, 2.45) is 4.99 Å². The van der Waals surface area contributed by atoms with E-state index in [1.165, 1.54) is 44.5 Å². The normalized spacial score (nSPS) is 15.1. The van der Waals surface area contributed by atoms with Crippen LogP contribution in [0.4, 0.5) is 4.39 Å². The molecule has 28 heavy (non-hydrogen) atoms. The summed E-state index contributed by atoms with van der Waals surface area (Å²) in [5.41, 5.74) is 1.83. The van der Waals surface area contributed by atoms with Gasteiger partial charge in [-0.15, -0.1) is 24.0 Å². The molecule has 2 N–H and O–H groups in total. The zero-order chi connectivity index (χ0) is 18.9.